The number of nitrogens with one attached hydrogen (secondary N) is 1. The standard InChI is InChI=1S/C13H11ClN2O4/c1-7-4-9(16-20-7)6-12(17)15-8-2-3-10(13(18)19)11(14)5-8/h2-5H,6H2,1H3,(H,15,17)(H,18,19). The summed E-state index contributed by atoms with van der Waals surface area (Å²) in [5.41, 5.74) is 0.926. The lowest BCUT2D eigenvalue weighted by Crippen LogP contribution is -2.14. The number of carbonyl (C=O) groups excluding carboxylic acids is 1. The van der Waals surface area contributed by atoms with Crippen molar-refractivity contribution >= 4 is 29.2 Å². The lowest BCUT2D eigenvalue weighted by Gasteiger charge is -2.06. The highest BCUT2D eigenvalue weighted by molar-refractivity contribution is 6.33. The summed E-state index contributed by atoms with van der Waals surface area (Å²) >= 11 is 5.81. The number of halogens is 1. The largest absolute Gasteiger partial charge is 0.478 e. The van der Waals surface area contributed by atoms with Crippen LogP contribution in [0, 0.1) is 6.92 Å². The van der Waals surface area contributed by atoms with Gasteiger partial charge in [0.15, 0.2) is 0 Å². The van der Waals surface area contributed by atoms with Crippen molar-refractivity contribution in [1.82, 2.24) is 5.16 Å². The fraction of sp³-hybridized carbons (Fsp3) is 0.154. The van der Waals surface area contributed by atoms with Crippen molar-refractivity contribution in [2.75, 3.05) is 5.32 Å². The Balaban J connectivity index is 2.04. The number of nitrogens with zero attached hydrogens (tertiary/aromatic N) is 1. The van der Waals surface area contributed by atoms with Crippen LogP contribution in [0.25, 0.3) is 0 Å². The molecule has 0 saturated carbocycles. The Morgan fingerprint density at radius 1 is 1.40 bits per heavy atom. The Morgan fingerprint density at radius 2 is 2.15 bits per heavy atom. The van der Waals surface area contributed by atoms with E-state index < -0.39 is 5.97 Å². The van der Waals surface area contributed by atoms with Gasteiger partial charge >= 0.3 is 5.97 Å². The predicted octanol–water partition coefficient (Wildman–Crippen LogP) is 2.52. The van der Waals surface area contributed by atoms with Crippen LogP contribution in [0.1, 0.15) is 21.8 Å². The first kappa shape index (κ1) is 14.1. The second-order valence-electron chi connectivity index (χ2n) is 4.15. The summed E-state index contributed by atoms with van der Waals surface area (Å²) in [6.45, 7) is 1.73. The molecular formula is C13H11ClN2O4. The smallest absolute Gasteiger partial charge is 0.337 e. The molecule has 1 aromatic carbocycles. The molecule has 0 atom stereocenters. The zero-order valence-electron chi connectivity index (χ0n) is 10.5. The minimum atomic E-state index is -1.12. The van der Waals surface area contributed by atoms with Crippen molar-refractivity contribution in [3.8, 4) is 0 Å². The molecule has 0 radical (unpaired) electrons. The molecule has 0 bridgehead atoms. The highest BCUT2D eigenvalue weighted by Gasteiger charge is 2.11. The molecule has 0 unspecified atom stereocenters. The minimum absolute atomic E-state index is 0.0169. The maximum absolute atomic E-state index is 11.8. The van der Waals surface area contributed by atoms with Gasteiger partial charge in [0, 0.05) is 11.8 Å². The predicted molar refractivity (Wildman–Crippen MR) is 72.0 cm³/mol. The van der Waals surface area contributed by atoms with Crippen LogP contribution in [-0.2, 0) is 11.2 Å². The van der Waals surface area contributed by atoms with E-state index in [1.54, 1.807) is 13.0 Å². The molecule has 2 rings (SSSR count). The summed E-state index contributed by atoms with van der Waals surface area (Å²) in [5.74, 6) is -0.787. The van der Waals surface area contributed by atoms with Crippen LogP contribution >= 0.6 is 11.6 Å². The summed E-state index contributed by atoms with van der Waals surface area (Å²) in [5, 5.41) is 15.2. The molecule has 1 aromatic heterocycles. The summed E-state index contributed by atoms with van der Waals surface area (Å²) in [6, 6.07) is 5.86. The third-order valence-corrected chi connectivity index (χ3v) is 2.81. The zero-order chi connectivity index (χ0) is 14.7. The second-order valence-corrected chi connectivity index (χ2v) is 4.56. The van der Waals surface area contributed by atoms with Crippen LogP contribution in [-0.4, -0.2) is 22.1 Å². The molecule has 20 heavy (non-hydrogen) atoms. The summed E-state index contributed by atoms with van der Waals surface area (Å²) in [4.78, 5) is 22.6. The Labute approximate surface area is 119 Å². The number of anilines is 1. The zero-order valence-corrected chi connectivity index (χ0v) is 11.3. The maximum atomic E-state index is 11.8. The lowest BCUT2D eigenvalue weighted by molar-refractivity contribution is -0.115. The first-order chi connectivity index (χ1) is 9.45. The number of aromatic carboxylic acids is 1. The number of carboxylic acids is 1. The molecule has 0 aliphatic carbocycles. The quantitative estimate of drug-likeness (QED) is 0.904. The molecule has 1 heterocycles. The van der Waals surface area contributed by atoms with Gasteiger partial charge in [0.25, 0.3) is 0 Å². The number of amides is 1. The van der Waals surface area contributed by atoms with E-state index in [0.29, 0.717) is 17.1 Å². The molecule has 7 heteroatoms. The Kier molecular flexibility index (Phi) is 4.05. The number of carbonyl (C=O) groups is 2. The van der Waals surface area contributed by atoms with Crippen molar-refractivity contribution in [2.24, 2.45) is 0 Å². The van der Waals surface area contributed by atoms with Crippen LogP contribution in [0.2, 0.25) is 5.02 Å². The van der Waals surface area contributed by atoms with Crippen LogP contribution in [0.5, 0.6) is 0 Å². The van der Waals surface area contributed by atoms with E-state index in [-0.39, 0.29) is 22.9 Å². The van der Waals surface area contributed by atoms with Crippen LogP contribution < -0.4 is 5.32 Å². The fourth-order valence-electron chi connectivity index (χ4n) is 1.64. The Hall–Kier alpha value is -2.34. The summed E-state index contributed by atoms with van der Waals surface area (Å²) in [6.07, 6.45) is 0.0651. The van der Waals surface area contributed by atoms with Crippen LogP contribution in [0.3, 0.4) is 0 Å². The molecule has 0 fully saturated rings. The lowest BCUT2D eigenvalue weighted by atomic mass is 10.2. The first-order valence-electron chi connectivity index (χ1n) is 5.70. The van der Waals surface area contributed by atoms with Gasteiger partial charge in [-0.25, -0.2) is 4.79 Å². The molecule has 0 aliphatic rings. The van der Waals surface area contributed by atoms with E-state index in [4.69, 9.17) is 21.2 Å². The van der Waals surface area contributed by atoms with E-state index in [1.807, 2.05) is 0 Å². The number of aryl methyl sites for hydroxylation is 1. The average molecular weight is 295 g/mol. The number of carboxylic acid groups (broad SMARTS) is 1. The van der Waals surface area contributed by atoms with E-state index in [2.05, 4.69) is 10.5 Å². The van der Waals surface area contributed by atoms with Crippen molar-refractivity contribution in [3.05, 3.63) is 46.3 Å². The maximum Gasteiger partial charge on any atom is 0.337 e. The van der Waals surface area contributed by atoms with Crippen molar-refractivity contribution in [2.45, 2.75) is 13.3 Å². The third kappa shape index (κ3) is 3.36. The number of hydrogen-bond acceptors (Lipinski definition) is 4. The number of aromatic nitrogens is 1. The Bertz CT molecular complexity index is 666. The summed E-state index contributed by atoms with van der Waals surface area (Å²) in [7, 11) is 0. The topological polar surface area (TPSA) is 92.4 Å². The van der Waals surface area contributed by atoms with Gasteiger partial charge < -0.3 is 14.9 Å². The van der Waals surface area contributed by atoms with Gasteiger partial charge in [-0.1, -0.05) is 16.8 Å². The van der Waals surface area contributed by atoms with Gasteiger partial charge in [0.1, 0.15) is 5.76 Å². The van der Waals surface area contributed by atoms with E-state index in [9.17, 15) is 9.59 Å². The van der Waals surface area contributed by atoms with Crippen molar-refractivity contribution < 1.29 is 19.2 Å². The SMILES string of the molecule is Cc1cc(CC(=O)Nc2ccc(C(=O)O)c(Cl)c2)no1. The highest BCUT2D eigenvalue weighted by atomic mass is 35.5. The van der Waals surface area contributed by atoms with Gasteiger partial charge in [0.05, 0.1) is 22.7 Å². The van der Waals surface area contributed by atoms with Crippen molar-refractivity contribution in [1.29, 1.82) is 0 Å². The first-order valence-corrected chi connectivity index (χ1v) is 6.08. The molecule has 0 aliphatic heterocycles. The third-order valence-electron chi connectivity index (χ3n) is 2.50. The minimum Gasteiger partial charge on any atom is -0.478 e. The number of rotatable bonds is 4. The molecule has 1 amide bonds. The molecule has 6 nitrogen and oxygen atoms in total. The highest BCUT2D eigenvalue weighted by Crippen LogP contribution is 2.21. The summed E-state index contributed by atoms with van der Waals surface area (Å²) < 4.78 is 4.86. The fourth-order valence-corrected chi connectivity index (χ4v) is 1.90. The van der Waals surface area contributed by atoms with Gasteiger partial charge in [-0.05, 0) is 25.1 Å². The average Bonchev–Trinajstić information content (AvgIpc) is 2.74. The number of benzene rings is 1. The van der Waals surface area contributed by atoms with Gasteiger partial charge in [-0.3, -0.25) is 4.79 Å². The van der Waals surface area contributed by atoms with E-state index in [1.165, 1.54) is 18.2 Å². The molecule has 2 N–H and O–H groups in total. The van der Waals surface area contributed by atoms with Gasteiger partial charge in [-0.2, -0.15) is 0 Å². The normalized spacial score (nSPS) is 10.3. The van der Waals surface area contributed by atoms with Gasteiger partial charge in [-0.15, -0.1) is 0 Å². The molecule has 0 spiro atoms. The van der Waals surface area contributed by atoms with E-state index >= 15 is 0 Å². The van der Waals surface area contributed by atoms with Gasteiger partial charge in [0.2, 0.25) is 5.91 Å². The molecule has 0 saturated heterocycles. The Morgan fingerprint density at radius 3 is 2.70 bits per heavy atom. The number of hydrogen-bond donors (Lipinski definition) is 2. The monoisotopic (exact) mass is 294 g/mol. The van der Waals surface area contributed by atoms with Crippen molar-refractivity contribution in [3.63, 3.8) is 0 Å². The second kappa shape index (κ2) is 5.75. The van der Waals surface area contributed by atoms with E-state index in [0.717, 1.165) is 0 Å². The van der Waals surface area contributed by atoms with Crippen LogP contribution in [0.4, 0.5) is 5.69 Å². The van der Waals surface area contributed by atoms with Crippen LogP contribution in [0.15, 0.2) is 28.8 Å². The molecule has 104 valence electrons. The molecule has 2 aromatic rings. The molecular weight excluding hydrogens is 284 g/mol.